The normalized spacial score (nSPS) is 20.6. The molecule has 0 atom stereocenters. The zero-order valence-electron chi connectivity index (χ0n) is 13.2. The fraction of sp³-hybridized carbons (Fsp3) is 0.375. The Labute approximate surface area is 142 Å². The number of anilines is 1. The van der Waals surface area contributed by atoms with Crippen molar-refractivity contribution in [2.75, 3.05) is 25.6 Å². The number of alkyl halides is 2. The summed E-state index contributed by atoms with van der Waals surface area (Å²) in [5.74, 6) is -0.476. The van der Waals surface area contributed by atoms with Gasteiger partial charge in [0.1, 0.15) is 6.61 Å². The van der Waals surface area contributed by atoms with Gasteiger partial charge in [0.05, 0.1) is 30.5 Å². The maximum absolute atomic E-state index is 12.7. The molecule has 2 aromatic rings. The highest BCUT2D eigenvalue weighted by Crippen LogP contribution is 2.25. The Hall–Kier alpha value is -2.52. The number of benzene rings is 1. The lowest BCUT2D eigenvalue weighted by Gasteiger charge is -2.29. The smallest absolute Gasteiger partial charge is 0.338 e. The summed E-state index contributed by atoms with van der Waals surface area (Å²) in [4.78, 5) is 11.8. The van der Waals surface area contributed by atoms with Gasteiger partial charge in [-0.25, -0.2) is 13.6 Å². The SMILES string of the molecule is Nc1cn(C2COC(COC(=O)c3ccccc3)OC2)nc1C(F)F. The van der Waals surface area contributed by atoms with Crippen molar-refractivity contribution in [2.45, 2.75) is 18.8 Å². The highest BCUT2D eigenvalue weighted by atomic mass is 19.3. The minimum Gasteiger partial charge on any atom is -0.457 e. The van der Waals surface area contributed by atoms with Crippen LogP contribution in [-0.4, -0.2) is 41.9 Å². The highest BCUT2D eigenvalue weighted by Gasteiger charge is 2.27. The molecule has 1 aromatic carbocycles. The van der Waals surface area contributed by atoms with Crippen molar-refractivity contribution in [1.82, 2.24) is 9.78 Å². The lowest BCUT2D eigenvalue weighted by Crippen LogP contribution is -2.37. The predicted molar refractivity (Wildman–Crippen MR) is 83.0 cm³/mol. The number of aromatic nitrogens is 2. The fourth-order valence-corrected chi connectivity index (χ4v) is 2.36. The van der Waals surface area contributed by atoms with Crippen molar-refractivity contribution in [3.05, 3.63) is 47.8 Å². The zero-order valence-corrected chi connectivity index (χ0v) is 13.2. The number of rotatable bonds is 5. The molecule has 7 nitrogen and oxygen atoms in total. The van der Waals surface area contributed by atoms with Crippen LogP contribution in [0.1, 0.15) is 28.5 Å². The van der Waals surface area contributed by atoms with Gasteiger partial charge in [0.15, 0.2) is 12.0 Å². The largest absolute Gasteiger partial charge is 0.457 e. The number of carbonyl (C=O) groups is 1. The summed E-state index contributed by atoms with van der Waals surface area (Å²) in [6.07, 6.45) is -2.13. The van der Waals surface area contributed by atoms with Crippen LogP contribution in [0.2, 0.25) is 0 Å². The van der Waals surface area contributed by atoms with Crippen LogP contribution in [0, 0.1) is 0 Å². The van der Waals surface area contributed by atoms with E-state index in [0.717, 1.165) is 0 Å². The summed E-state index contributed by atoms with van der Waals surface area (Å²) in [5, 5.41) is 3.77. The Bertz CT molecular complexity index is 715. The minimum absolute atomic E-state index is 0.0655. The molecule has 25 heavy (non-hydrogen) atoms. The molecule has 1 aliphatic heterocycles. The zero-order chi connectivity index (χ0) is 17.8. The second-order valence-corrected chi connectivity index (χ2v) is 5.46. The Morgan fingerprint density at radius 3 is 2.60 bits per heavy atom. The van der Waals surface area contributed by atoms with E-state index in [9.17, 15) is 13.6 Å². The molecular weight excluding hydrogens is 336 g/mol. The Kier molecular flexibility index (Phi) is 5.25. The molecule has 2 N–H and O–H groups in total. The number of hydrogen-bond donors (Lipinski definition) is 1. The van der Waals surface area contributed by atoms with Crippen LogP contribution >= 0.6 is 0 Å². The van der Waals surface area contributed by atoms with Crippen molar-refractivity contribution in [3.8, 4) is 0 Å². The van der Waals surface area contributed by atoms with E-state index in [-0.39, 0.29) is 31.5 Å². The van der Waals surface area contributed by atoms with Crippen LogP contribution in [0.4, 0.5) is 14.5 Å². The van der Waals surface area contributed by atoms with E-state index in [4.69, 9.17) is 19.9 Å². The summed E-state index contributed by atoms with van der Waals surface area (Å²) in [7, 11) is 0. The van der Waals surface area contributed by atoms with Crippen molar-refractivity contribution in [3.63, 3.8) is 0 Å². The fourth-order valence-electron chi connectivity index (χ4n) is 2.36. The summed E-state index contributed by atoms with van der Waals surface area (Å²) in [6.45, 7) is 0.290. The van der Waals surface area contributed by atoms with Crippen LogP contribution in [0.5, 0.6) is 0 Å². The molecule has 3 rings (SSSR count). The van der Waals surface area contributed by atoms with E-state index in [0.29, 0.717) is 5.56 Å². The number of ether oxygens (including phenoxy) is 3. The molecule has 0 spiro atoms. The second kappa shape index (κ2) is 7.58. The van der Waals surface area contributed by atoms with Crippen LogP contribution < -0.4 is 5.73 Å². The van der Waals surface area contributed by atoms with Gasteiger partial charge in [-0.1, -0.05) is 18.2 Å². The average Bonchev–Trinajstić information content (AvgIpc) is 3.03. The van der Waals surface area contributed by atoms with Crippen LogP contribution in [-0.2, 0) is 14.2 Å². The number of nitrogen functional groups attached to an aromatic ring is 1. The number of nitrogens with zero attached hydrogens (tertiary/aromatic N) is 2. The molecule has 0 unspecified atom stereocenters. The first-order valence-corrected chi connectivity index (χ1v) is 7.62. The van der Waals surface area contributed by atoms with E-state index >= 15 is 0 Å². The van der Waals surface area contributed by atoms with E-state index in [1.54, 1.807) is 30.3 Å². The topological polar surface area (TPSA) is 88.6 Å². The van der Waals surface area contributed by atoms with E-state index in [1.807, 2.05) is 0 Å². The molecule has 1 aliphatic rings. The van der Waals surface area contributed by atoms with Crippen molar-refractivity contribution >= 4 is 11.7 Å². The third kappa shape index (κ3) is 4.12. The Morgan fingerprint density at radius 1 is 1.32 bits per heavy atom. The maximum Gasteiger partial charge on any atom is 0.338 e. The quantitative estimate of drug-likeness (QED) is 0.829. The number of hydrogen-bond acceptors (Lipinski definition) is 6. The number of esters is 1. The molecule has 0 aliphatic carbocycles. The van der Waals surface area contributed by atoms with Crippen LogP contribution in [0.25, 0.3) is 0 Å². The van der Waals surface area contributed by atoms with Crippen LogP contribution in [0.15, 0.2) is 36.5 Å². The highest BCUT2D eigenvalue weighted by molar-refractivity contribution is 5.89. The molecular formula is C16H17F2N3O4. The van der Waals surface area contributed by atoms with Crippen molar-refractivity contribution in [2.24, 2.45) is 0 Å². The molecule has 0 bridgehead atoms. The minimum atomic E-state index is -2.74. The monoisotopic (exact) mass is 353 g/mol. The first-order valence-electron chi connectivity index (χ1n) is 7.62. The summed E-state index contributed by atoms with van der Waals surface area (Å²) in [5.41, 5.74) is 5.41. The molecule has 134 valence electrons. The van der Waals surface area contributed by atoms with Gasteiger partial charge in [-0.3, -0.25) is 4.68 Å². The Balaban J connectivity index is 1.49. The van der Waals surface area contributed by atoms with Gasteiger partial charge in [-0.2, -0.15) is 5.10 Å². The van der Waals surface area contributed by atoms with Gasteiger partial charge in [0.2, 0.25) is 0 Å². The van der Waals surface area contributed by atoms with Gasteiger partial charge in [-0.15, -0.1) is 0 Å². The average molecular weight is 353 g/mol. The lowest BCUT2D eigenvalue weighted by atomic mass is 10.2. The third-order valence-electron chi connectivity index (χ3n) is 3.68. The predicted octanol–water partition coefficient (Wildman–Crippen LogP) is 2.17. The number of carbonyl (C=O) groups excluding carboxylic acids is 1. The molecule has 0 amide bonds. The molecule has 9 heteroatoms. The first kappa shape index (κ1) is 17.3. The van der Waals surface area contributed by atoms with Crippen LogP contribution in [0.3, 0.4) is 0 Å². The molecule has 1 saturated heterocycles. The standard InChI is InChI=1S/C16H17F2N3O4/c17-15(18)14-12(19)6-21(20-14)11-7-23-13(24-8-11)9-25-16(22)10-4-2-1-3-5-10/h1-6,11,13,15H,7-9,19H2. The lowest BCUT2D eigenvalue weighted by molar-refractivity contribution is -0.212. The van der Waals surface area contributed by atoms with E-state index < -0.39 is 24.4 Å². The van der Waals surface area contributed by atoms with E-state index in [2.05, 4.69) is 5.10 Å². The molecule has 1 aromatic heterocycles. The Morgan fingerprint density at radius 2 is 2.00 bits per heavy atom. The van der Waals surface area contributed by atoms with Gasteiger partial charge in [0.25, 0.3) is 6.43 Å². The maximum atomic E-state index is 12.7. The van der Waals surface area contributed by atoms with Gasteiger partial charge in [-0.05, 0) is 12.1 Å². The van der Waals surface area contributed by atoms with Gasteiger partial charge < -0.3 is 19.9 Å². The van der Waals surface area contributed by atoms with Gasteiger partial charge >= 0.3 is 5.97 Å². The number of halogens is 2. The van der Waals surface area contributed by atoms with E-state index in [1.165, 1.54) is 10.9 Å². The second-order valence-electron chi connectivity index (χ2n) is 5.46. The third-order valence-corrected chi connectivity index (χ3v) is 3.68. The summed E-state index contributed by atoms with van der Waals surface area (Å²) >= 11 is 0. The summed E-state index contributed by atoms with van der Waals surface area (Å²) < 4.78 is 42.8. The summed E-state index contributed by atoms with van der Waals surface area (Å²) in [6, 6.07) is 8.17. The van der Waals surface area contributed by atoms with Crippen molar-refractivity contribution in [1.29, 1.82) is 0 Å². The van der Waals surface area contributed by atoms with Gasteiger partial charge in [0, 0.05) is 6.20 Å². The molecule has 0 radical (unpaired) electrons. The molecule has 0 saturated carbocycles. The van der Waals surface area contributed by atoms with Crippen molar-refractivity contribution < 1.29 is 27.8 Å². The first-order chi connectivity index (χ1) is 12.0. The molecule has 2 heterocycles. The molecule has 1 fully saturated rings. The number of nitrogens with two attached hydrogens (primary N) is 1.